The molecule has 6 nitrogen and oxygen atoms in total. The van der Waals surface area contributed by atoms with Gasteiger partial charge < -0.3 is 0 Å². The van der Waals surface area contributed by atoms with Crippen LogP contribution in [0.25, 0.3) is 0 Å². The fraction of sp³-hybridized carbons (Fsp3) is 0. The molecule has 0 atom stereocenters. The van der Waals surface area contributed by atoms with E-state index >= 15 is 0 Å². The van der Waals surface area contributed by atoms with Gasteiger partial charge in [0, 0.05) is 0 Å². The summed E-state index contributed by atoms with van der Waals surface area (Å²) in [4.78, 5) is -3.63. The van der Waals surface area contributed by atoms with Crippen molar-refractivity contribution in [1.82, 2.24) is 0 Å². The van der Waals surface area contributed by atoms with E-state index in [0.717, 1.165) is 0 Å². The zero-order chi connectivity index (χ0) is 14.1. The molecule has 1 aromatic carbocycles. The molecule has 12 heteroatoms. The van der Waals surface area contributed by atoms with Gasteiger partial charge in [0.15, 0.2) is 28.2 Å². The van der Waals surface area contributed by atoms with Gasteiger partial charge in [-0.25, -0.2) is 22.8 Å². The summed E-state index contributed by atoms with van der Waals surface area (Å²) in [5.74, 6) is -8.99. The molecule has 0 spiro atoms. The lowest BCUT2D eigenvalue weighted by Crippen LogP contribution is -2.11. The van der Waals surface area contributed by atoms with E-state index in [0.29, 0.717) is 0 Å². The molecular formula is C6H2F4O6S2. The molecule has 18 heavy (non-hydrogen) atoms. The van der Waals surface area contributed by atoms with Crippen molar-refractivity contribution in [3.63, 3.8) is 0 Å². The number of halogens is 4. The van der Waals surface area contributed by atoms with Crippen molar-refractivity contribution >= 4 is 22.2 Å². The maximum absolute atomic E-state index is 13.2. The zero-order valence-electron chi connectivity index (χ0n) is 7.86. The summed E-state index contributed by atoms with van der Waals surface area (Å²) in [6, 6.07) is 0. The molecule has 0 aromatic heterocycles. The fourth-order valence-electron chi connectivity index (χ4n) is 0.940. The monoisotopic (exact) mass is 310 g/mol. The summed E-state index contributed by atoms with van der Waals surface area (Å²) in [5.41, 5.74) is 0. The van der Waals surface area contributed by atoms with Gasteiger partial charge >= 0.3 is 10.1 Å². The molecule has 0 aliphatic heterocycles. The summed E-state index contributed by atoms with van der Waals surface area (Å²) < 4.78 is 85.7. The third-order valence-corrected chi connectivity index (χ3v) is 3.12. The highest BCUT2D eigenvalue weighted by Crippen LogP contribution is 2.33. The van der Waals surface area contributed by atoms with E-state index < -0.39 is 55.2 Å². The number of hydrogen-bond acceptors (Lipinski definition) is 6. The average molecular weight is 310 g/mol. The van der Waals surface area contributed by atoms with E-state index in [1.807, 2.05) is 0 Å². The predicted molar refractivity (Wildman–Crippen MR) is 46.7 cm³/mol. The largest absolute Gasteiger partial charge is 0.300 e. The molecular weight excluding hydrogens is 308 g/mol. The second kappa shape index (κ2) is 5.38. The first-order valence-electron chi connectivity index (χ1n) is 3.70. The molecule has 0 heterocycles. The molecule has 0 radical (unpaired) electrons. The van der Waals surface area contributed by atoms with Crippen LogP contribution in [0.15, 0.2) is 9.79 Å². The Kier molecular flexibility index (Phi) is 4.52. The van der Waals surface area contributed by atoms with Gasteiger partial charge in [0.05, 0.1) is 12.0 Å². The molecule has 0 aliphatic rings. The first-order chi connectivity index (χ1) is 8.21. The van der Waals surface area contributed by atoms with Gasteiger partial charge in [-0.3, -0.25) is 4.55 Å². The number of benzene rings is 1. The first kappa shape index (κ1) is 15.1. The molecule has 1 rings (SSSR count). The third kappa shape index (κ3) is 2.73. The quantitative estimate of drug-likeness (QED) is 0.219. The Morgan fingerprint density at radius 2 is 1.44 bits per heavy atom. The molecule has 0 amide bonds. The Balaban J connectivity index is 3.56. The second-order valence-electron chi connectivity index (χ2n) is 2.62. The Morgan fingerprint density at radius 1 is 1.00 bits per heavy atom. The molecule has 0 bridgehead atoms. The van der Waals surface area contributed by atoms with Gasteiger partial charge in [0.2, 0.25) is 0 Å². The molecule has 1 aromatic rings. The van der Waals surface area contributed by atoms with Gasteiger partial charge in [0.25, 0.3) is 0 Å². The highest BCUT2D eigenvalue weighted by Gasteiger charge is 2.32. The zero-order valence-corrected chi connectivity index (χ0v) is 9.49. The van der Waals surface area contributed by atoms with Gasteiger partial charge in [0.1, 0.15) is 4.90 Å². The second-order valence-corrected chi connectivity index (χ2v) is 4.68. The summed E-state index contributed by atoms with van der Waals surface area (Å²) in [6.45, 7) is 0. The minimum atomic E-state index is -5.51. The Bertz CT molecular complexity index is 545. The van der Waals surface area contributed by atoms with Gasteiger partial charge in [-0.15, -0.1) is 4.33 Å². The van der Waals surface area contributed by atoms with Crippen LogP contribution >= 0.6 is 12.0 Å². The van der Waals surface area contributed by atoms with E-state index in [1.165, 1.54) is 0 Å². The van der Waals surface area contributed by atoms with Crippen LogP contribution in [0.3, 0.4) is 0 Å². The first-order valence-corrected chi connectivity index (χ1v) is 5.88. The van der Waals surface area contributed by atoms with Crippen molar-refractivity contribution in [2.24, 2.45) is 0 Å². The van der Waals surface area contributed by atoms with Crippen LogP contribution in [0.5, 0.6) is 0 Å². The van der Waals surface area contributed by atoms with Crippen molar-refractivity contribution in [3.8, 4) is 0 Å². The lowest BCUT2D eigenvalue weighted by atomic mass is 10.3. The summed E-state index contributed by atoms with van der Waals surface area (Å²) in [5, 5.41) is 10.7. The normalized spacial score (nSPS) is 11.9. The van der Waals surface area contributed by atoms with Gasteiger partial charge in [-0.2, -0.15) is 8.42 Å². The summed E-state index contributed by atoms with van der Waals surface area (Å²) in [6.07, 6.45) is 0. The highest BCUT2D eigenvalue weighted by molar-refractivity contribution is 7.94. The van der Waals surface area contributed by atoms with Crippen molar-refractivity contribution in [3.05, 3.63) is 23.3 Å². The van der Waals surface area contributed by atoms with E-state index in [4.69, 9.17) is 9.81 Å². The summed E-state index contributed by atoms with van der Waals surface area (Å²) in [7, 11) is -5.51. The van der Waals surface area contributed by atoms with Crippen LogP contribution in [0.2, 0.25) is 0 Å². The SMILES string of the molecule is O=S(=O)(O)c1c(F)c(F)c(SOOO)c(F)c1F. The topological polar surface area (TPSA) is 93.1 Å². The molecule has 0 aliphatic carbocycles. The molecule has 0 saturated heterocycles. The van der Waals surface area contributed by atoms with E-state index in [1.54, 1.807) is 0 Å². The Hall–Kier alpha value is -0.920. The van der Waals surface area contributed by atoms with Crippen molar-refractivity contribution in [2.75, 3.05) is 0 Å². The maximum atomic E-state index is 13.2. The minimum absolute atomic E-state index is 0.457. The molecule has 102 valence electrons. The van der Waals surface area contributed by atoms with Crippen LogP contribution in [0.4, 0.5) is 17.6 Å². The lowest BCUT2D eigenvalue weighted by molar-refractivity contribution is -0.432. The van der Waals surface area contributed by atoms with Crippen LogP contribution in [-0.2, 0) is 19.5 Å². The van der Waals surface area contributed by atoms with Gasteiger partial charge in [-0.05, 0) is 0 Å². The maximum Gasteiger partial charge on any atom is 0.300 e. The molecule has 2 N–H and O–H groups in total. The lowest BCUT2D eigenvalue weighted by Gasteiger charge is -2.08. The van der Waals surface area contributed by atoms with E-state index in [2.05, 4.69) is 9.37 Å². The van der Waals surface area contributed by atoms with E-state index in [9.17, 15) is 26.0 Å². The number of rotatable bonds is 4. The average Bonchev–Trinajstić information content (AvgIpc) is 2.25. The van der Waals surface area contributed by atoms with Crippen molar-refractivity contribution in [1.29, 1.82) is 0 Å². The van der Waals surface area contributed by atoms with Crippen LogP contribution in [-0.4, -0.2) is 18.2 Å². The van der Waals surface area contributed by atoms with Gasteiger partial charge in [-0.1, -0.05) is 5.04 Å². The summed E-state index contributed by atoms with van der Waals surface area (Å²) >= 11 is -0.457. The van der Waals surface area contributed by atoms with Crippen LogP contribution < -0.4 is 0 Å². The fourth-order valence-corrected chi connectivity index (χ4v) is 2.00. The highest BCUT2D eigenvalue weighted by atomic mass is 32.2. The van der Waals surface area contributed by atoms with E-state index in [-0.39, 0.29) is 0 Å². The minimum Gasteiger partial charge on any atom is -0.282 e. The van der Waals surface area contributed by atoms with Crippen LogP contribution in [0, 0.1) is 23.3 Å². The Labute approximate surface area is 101 Å². The third-order valence-electron chi connectivity index (χ3n) is 1.59. The number of hydrogen-bond donors (Lipinski definition) is 2. The smallest absolute Gasteiger partial charge is 0.282 e. The molecule has 0 unspecified atom stereocenters. The van der Waals surface area contributed by atoms with Crippen molar-refractivity contribution in [2.45, 2.75) is 9.79 Å². The molecule has 0 saturated carbocycles. The van der Waals surface area contributed by atoms with Crippen LogP contribution in [0.1, 0.15) is 0 Å². The molecule has 0 fully saturated rings. The van der Waals surface area contributed by atoms with Crippen molar-refractivity contribution < 1.29 is 45.2 Å². The standard InChI is InChI=1S/C6H2F4O6S2/c7-1-3(9)6(18(12,13)14)4(10)2(8)5(1)17-16-15-11/h11H,(H,12,13,14). The predicted octanol–water partition coefficient (Wildman–Crippen LogP) is 1.92. The Morgan fingerprint density at radius 3 is 1.78 bits per heavy atom.